The summed E-state index contributed by atoms with van der Waals surface area (Å²) in [5.74, 6) is 0.171. The zero-order chi connectivity index (χ0) is 8.57. The molecule has 0 N–H and O–H groups in total. The summed E-state index contributed by atoms with van der Waals surface area (Å²) in [6.45, 7) is 4.92. The molecule has 0 bridgehead atoms. The molecular weight excluding hydrogens is 167 g/mol. The van der Waals surface area contributed by atoms with Crippen molar-refractivity contribution >= 4 is 32.5 Å². The van der Waals surface area contributed by atoms with Crippen LogP contribution >= 0.6 is 21.9 Å². The number of Topliss-reactive ketones (excluding diaryl/α,β-unsaturated/α-hetero) is 1. The van der Waals surface area contributed by atoms with E-state index in [1.807, 2.05) is 9.24 Å². The fourth-order valence-corrected chi connectivity index (χ4v) is 0.203. The second-order valence-electron chi connectivity index (χ2n) is 1.53. The van der Waals surface area contributed by atoms with Crippen LogP contribution in [0.25, 0.3) is 0 Å². The maximum Gasteiger partial charge on any atom is 0.200 e. The molecule has 0 amide bonds. The molecule has 0 aliphatic heterocycles. The second kappa shape index (κ2) is 8.86. The van der Waals surface area contributed by atoms with Gasteiger partial charge in [-0.3, -0.25) is 9.59 Å². The summed E-state index contributed by atoms with van der Waals surface area (Å²) in [5.41, 5.74) is 0. The first-order valence-electron chi connectivity index (χ1n) is 2.59. The predicted octanol–water partition coefficient (Wildman–Crippen LogP) is 2.06. The van der Waals surface area contributed by atoms with E-state index >= 15 is 0 Å². The lowest BCUT2D eigenvalue weighted by Crippen LogP contribution is -1.81. The van der Waals surface area contributed by atoms with E-state index in [0.717, 1.165) is 0 Å². The van der Waals surface area contributed by atoms with Gasteiger partial charge in [0.1, 0.15) is 5.78 Å². The lowest BCUT2D eigenvalue weighted by molar-refractivity contribution is -0.116. The van der Waals surface area contributed by atoms with Crippen molar-refractivity contribution in [3.05, 3.63) is 12.7 Å². The minimum atomic E-state index is -0.222. The van der Waals surface area contributed by atoms with Crippen LogP contribution in [0.3, 0.4) is 0 Å². The highest BCUT2D eigenvalue weighted by atomic mass is 32.1. The van der Waals surface area contributed by atoms with Crippen LogP contribution in [0.5, 0.6) is 0 Å². The van der Waals surface area contributed by atoms with Gasteiger partial charge in [-0.2, -0.15) is 0 Å². The Bertz CT molecular complexity index is 130. The molecule has 0 radical (unpaired) electrons. The van der Waals surface area contributed by atoms with Gasteiger partial charge >= 0.3 is 0 Å². The van der Waals surface area contributed by atoms with Crippen molar-refractivity contribution in [2.45, 2.75) is 13.3 Å². The Balaban J connectivity index is 0. The Morgan fingerprint density at radius 2 is 2.00 bits per heavy atom. The zero-order valence-electron chi connectivity index (χ0n) is 5.83. The highest BCUT2D eigenvalue weighted by Gasteiger charge is 1.80. The van der Waals surface area contributed by atoms with Gasteiger partial charge in [-0.1, -0.05) is 15.3 Å². The first-order valence-corrected chi connectivity index (χ1v) is 3.62. The molecule has 0 aliphatic carbocycles. The van der Waals surface area contributed by atoms with Gasteiger partial charge in [0.2, 0.25) is 4.86 Å². The van der Waals surface area contributed by atoms with E-state index in [2.05, 4.69) is 19.2 Å². The average Bonchev–Trinajstić information content (AvgIpc) is 1.62. The Morgan fingerprint density at radius 3 is 2.00 bits per heavy atom. The van der Waals surface area contributed by atoms with Gasteiger partial charge in [-0.05, 0) is 6.92 Å². The van der Waals surface area contributed by atoms with Crippen LogP contribution in [-0.4, -0.2) is 10.6 Å². The molecule has 10 heavy (non-hydrogen) atoms. The standard InChI is InChI=1S/C5H8O.CH3OPS/c1-3-4-5(2)6;2-1(3)4/h3H,1,4H2,2H3;3H2,(H,2,4). The Hall–Kier alpha value is -0.140. The van der Waals surface area contributed by atoms with Gasteiger partial charge in [0.15, 0.2) is 0 Å². The molecule has 2 nitrogen and oxygen atoms in total. The molecule has 0 aromatic rings. The highest BCUT2D eigenvalue weighted by Crippen LogP contribution is 1.88. The van der Waals surface area contributed by atoms with E-state index in [1.165, 1.54) is 0 Å². The summed E-state index contributed by atoms with van der Waals surface area (Å²) in [5, 5.41) is 0. The molecule has 0 heterocycles. The summed E-state index contributed by atoms with van der Waals surface area (Å²) in [7, 11) is 1.88. The van der Waals surface area contributed by atoms with Crippen molar-refractivity contribution in [2.75, 3.05) is 0 Å². The van der Waals surface area contributed by atoms with Crippen molar-refractivity contribution in [1.29, 1.82) is 0 Å². The number of hydrogen-bond acceptors (Lipinski definition) is 2. The van der Waals surface area contributed by atoms with Crippen molar-refractivity contribution in [3.8, 4) is 0 Å². The molecule has 0 fully saturated rings. The van der Waals surface area contributed by atoms with E-state index in [9.17, 15) is 9.59 Å². The van der Waals surface area contributed by atoms with Gasteiger partial charge in [0, 0.05) is 6.42 Å². The number of ketones is 1. The molecule has 4 heteroatoms. The van der Waals surface area contributed by atoms with Crippen LogP contribution in [0.4, 0.5) is 4.79 Å². The maximum atomic E-state index is 9.97. The Morgan fingerprint density at radius 1 is 1.70 bits per heavy atom. The number of carbonyl (C=O) groups is 2. The smallest absolute Gasteiger partial charge is 0.200 e. The number of rotatable bonds is 2. The van der Waals surface area contributed by atoms with Crippen molar-refractivity contribution in [3.63, 3.8) is 0 Å². The van der Waals surface area contributed by atoms with Gasteiger partial charge in [-0.25, -0.2) is 0 Å². The van der Waals surface area contributed by atoms with Crippen LogP contribution in [0.2, 0.25) is 0 Å². The molecule has 1 atom stereocenters. The van der Waals surface area contributed by atoms with E-state index in [-0.39, 0.29) is 10.6 Å². The quantitative estimate of drug-likeness (QED) is 0.399. The predicted molar refractivity (Wildman–Crippen MR) is 49.6 cm³/mol. The highest BCUT2D eigenvalue weighted by molar-refractivity contribution is 8.06. The Kier molecular flexibility index (Phi) is 11.1. The van der Waals surface area contributed by atoms with Crippen molar-refractivity contribution in [2.24, 2.45) is 0 Å². The molecule has 0 saturated carbocycles. The number of hydrogen-bond donors (Lipinski definition) is 1. The molecule has 0 spiro atoms. The SMILES string of the molecule is C=CCC(C)=O.O=C(P)S. The third kappa shape index (κ3) is 45.2. The number of carbonyl (C=O) groups excluding carboxylic acids is 2. The van der Waals surface area contributed by atoms with Crippen molar-refractivity contribution in [1.82, 2.24) is 0 Å². The fraction of sp³-hybridized carbons (Fsp3) is 0.333. The van der Waals surface area contributed by atoms with E-state index < -0.39 is 0 Å². The third-order valence-corrected chi connectivity index (χ3v) is 0.432. The van der Waals surface area contributed by atoms with E-state index in [0.29, 0.717) is 6.42 Å². The molecule has 0 rings (SSSR count). The summed E-state index contributed by atoms with van der Waals surface area (Å²) in [4.78, 5) is 19.0. The van der Waals surface area contributed by atoms with Crippen LogP contribution in [0.15, 0.2) is 12.7 Å². The molecule has 58 valence electrons. The van der Waals surface area contributed by atoms with E-state index in [1.54, 1.807) is 13.0 Å². The van der Waals surface area contributed by atoms with Gasteiger partial charge < -0.3 is 0 Å². The summed E-state index contributed by atoms with van der Waals surface area (Å²) in [6, 6.07) is 0. The topological polar surface area (TPSA) is 34.1 Å². The largest absolute Gasteiger partial charge is 0.300 e. The summed E-state index contributed by atoms with van der Waals surface area (Å²) < 4.78 is 0. The minimum Gasteiger partial charge on any atom is -0.300 e. The Labute approximate surface area is 68.7 Å². The van der Waals surface area contributed by atoms with Gasteiger partial charge in [0.05, 0.1) is 0 Å². The molecule has 1 unspecified atom stereocenters. The average molecular weight is 178 g/mol. The lowest BCUT2D eigenvalue weighted by Gasteiger charge is -1.75. The first-order chi connectivity index (χ1) is 4.50. The lowest BCUT2D eigenvalue weighted by atomic mass is 10.3. The van der Waals surface area contributed by atoms with Crippen LogP contribution < -0.4 is 0 Å². The molecule has 0 aromatic heterocycles. The van der Waals surface area contributed by atoms with Crippen LogP contribution in [-0.2, 0) is 4.79 Å². The minimum absolute atomic E-state index is 0.171. The summed E-state index contributed by atoms with van der Waals surface area (Å²) >= 11 is 3.29. The normalized spacial score (nSPS) is 7.10. The van der Waals surface area contributed by atoms with Gasteiger partial charge in [-0.15, -0.1) is 19.2 Å². The number of thiol groups is 1. The molecule has 0 aromatic carbocycles. The molecule has 0 aliphatic rings. The monoisotopic (exact) mass is 178 g/mol. The second-order valence-corrected chi connectivity index (χ2v) is 2.98. The zero-order valence-corrected chi connectivity index (χ0v) is 7.88. The molecular formula is C6H11O2PS. The molecule has 0 saturated heterocycles. The van der Waals surface area contributed by atoms with E-state index in [4.69, 9.17) is 0 Å². The van der Waals surface area contributed by atoms with Crippen LogP contribution in [0, 0.1) is 0 Å². The van der Waals surface area contributed by atoms with Crippen LogP contribution in [0.1, 0.15) is 13.3 Å². The first kappa shape index (κ1) is 12.5. The number of allylic oxidation sites excluding steroid dienone is 1. The third-order valence-electron chi connectivity index (χ3n) is 0.432. The maximum absolute atomic E-state index is 9.97. The summed E-state index contributed by atoms with van der Waals surface area (Å²) in [6.07, 6.45) is 2.10. The van der Waals surface area contributed by atoms with Gasteiger partial charge in [0.25, 0.3) is 0 Å². The van der Waals surface area contributed by atoms with Crippen molar-refractivity contribution < 1.29 is 9.59 Å². The fourth-order valence-electron chi connectivity index (χ4n) is 0.203.